The number of carbonyl (C=O) groups is 1. The Bertz CT molecular complexity index is 765. The summed E-state index contributed by atoms with van der Waals surface area (Å²) in [5.41, 5.74) is 1.21. The minimum absolute atomic E-state index is 0.0319. The van der Waals surface area contributed by atoms with E-state index >= 15 is 0 Å². The second-order valence-corrected chi connectivity index (χ2v) is 7.11. The summed E-state index contributed by atoms with van der Waals surface area (Å²) in [5, 5.41) is 16.5. The number of rotatable bonds is 5. The molecule has 1 aromatic carbocycles. The summed E-state index contributed by atoms with van der Waals surface area (Å²) in [5.74, 6) is -0.242. The molecule has 2 N–H and O–H groups in total. The lowest BCUT2D eigenvalue weighted by Gasteiger charge is -2.17. The largest absolute Gasteiger partial charge is 0.366 e. The molecule has 3 atom stereocenters. The van der Waals surface area contributed by atoms with Crippen molar-refractivity contribution in [1.29, 1.82) is 0 Å². The number of aliphatic hydroxyl groups excluding tert-OH is 1. The van der Waals surface area contributed by atoms with Gasteiger partial charge in [0.1, 0.15) is 18.8 Å². The number of epoxide rings is 1. The molecule has 1 aliphatic rings. The molecule has 25 heavy (non-hydrogen) atoms. The number of aliphatic hydroxyl groups is 1. The van der Waals surface area contributed by atoms with Crippen LogP contribution in [0.25, 0.3) is 5.69 Å². The maximum atomic E-state index is 12.6. The fourth-order valence-corrected chi connectivity index (χ4v) is 2.38. The Morgan fingerprint density at radius 1 is 1.44 bits per heavy atom. The number of amides is 1. The SMILES string of the molecule is CC(C)(C)/C=C/C(NC(=O)c1cccc(-n2cncn2)c1)C1OC1O. The van der Waals surface area contributed by atoms with Crippen LogP contribution >= 0.6 is 0 Å². The van der Waals surface area contributed by atoms with Gasteiger partial charge < -0.3 is 15.2 Å². The van der Waals surface area contributed by atoms with Gasteiger partial charge in [0.15, 0.2) is 6.29 Å². The fraction of sp³-hybridized carbons (Fsp3) is 0.389. The van der Waals surface area contributed by atoms with Crippen molar-refractivity contribution in [1.82, 2.24) is 20.1 Å². The molecule has 1 aromatic heterocycles. The smallest absolute Gasteiger partial charge is 0.251 e. The Hall–Kier alpha value is -2.51. The highest BCUT2D eigenvalue weighted by molar-refractivity contribution is 5.95. The molecule has 3 unspecified atom stereocenters. The van der Waals surface area contributed by atoms with Crippen LogP contribution in [0, 0.1) is 5.41 Å². The van der Waals surface area contributed by atoms with Crippen LogP contribution in [-0.4, -0.2) is 44.2 Å². The third kappa shape index (κ3) is 4.52. The molecule has 7 nitrogen and oxygen atoms in total. The van der Waals surface area contributed by atoms with Crippen LogP contribution in [-0.2, 0) is 4.74 Å². The Morgan fingerprint density at radius 2 is 2.20 bits per heavy atom. The molecule has 3 rings (SSSR count). The molecule has 2 heterocycles. The third-order valence-electron chi connectivity index (χ3n) is 3.75. The lowest BCUT2D eigenvalue weighted by atomic mass is 9.95. The van der Waals surface area contributed by atoms with E-state index in [-0.39, 0.29) is 11.3 Å². The van der Waals surface area contributed by atoms with Gasteiger partial charge >= 0.3 is 0 Å². The predicted molar refractivity (Wildman–Crippen MR) is 92.1 cm³/mol. The molecule has 1 saturated heterocycles. The van der Waals surface area contributed by atoms with Crippen molar-refractivity contribution < 1.29 is 14.6 Å². The number of aromatic nitrogens is 3. The van der Waals surface area contributed by atoms with Crippen molar-refractivity contribution in [2.45, 2.75) is 39.2 Å². The van der Waals surface area contributed by atoms with E-state index in [1.54, 1.807) is 29.2 Å². The van der Waals surface area contributed by atoms with Crippen molar-refractivity contribution in [2.24, 2.45) is 5.41 Å². The summed E-state index contributed by atoms with van der Waals surface area (Å²) < 4.78 is 6.72. The molecule has 1 aliphatic heterocycles. The molecule has 0 aliphatic carbocycles. The molecule has 2 aromatic rings. The van der Waals surface area contributed by atoms with Crippen LogP contribution < -0.4 is 5.32 Å². The Kier molecular flexibility index (Phi) is 4.69. The van der Waals surface area contributed by atoms with Gasteiger partial charge in [-0.3, -0.25) is 4.79 Å². The zero-order chi connectivity index (χ0) is 18.0. The molecule has 7 heteroatoms. The van der Waals surface area contributed by atoms with E-state index < -0.39 is 18.4 Å². The minimum Gasteiger partial charge on any atom is -0.366 e. The van der Waals surface area contributed by atoms with Crippen LogP contribution in [0.15, 0.2) is 49.1 Å². The normalized spacial score (nSPS) is 21.3. The van der Waals surface area contributed by atoms with Gasteiger partial charge in [0.25, 0.3) is 5.91 Å². The van der Waals surface area contributed by atoms with Gasteiger partial charge in [-0.15, -0.1) is 0 Å². The summed E-state index contributed by atoms with van der Waals surface area (Å²) in [6, 6.07) is 6.70. The average molecular weight is 342 g/mol. The summed E-state index contributed by atoms with van der Waals surface area (Å²) >= 11 is 0. The lowest BCUT2D eigenvalue weighted by molar-refractivity contribution is 0.0938. The van der Waals surface area contributed by atoms with Gasteiger partial charge in [0.2, 0.25) is 0 Å². The van der Waals surface area contributed by atoms with Crippen LogP contribution in [0.4, 0.5) is 0 Å². The van der Waals surface area contributed by atoms with Crippen LogP contribution in [0.3, 0.4) is 0 Å². The van der Waals surface area contributed by atoms with Crippen molar-refractivity contribution in [2.75, 3.05) is 0 Å². The highest BCUT2D eigenvalue weighted by Gasteiger charge is 2.43. The zero-order valence-corrected chi connectivity index (χ0v) is 14.5. The monoisotopic (exact) mass is 342 g/mol. The number of allylic oxidation sites excluding steroid dienone is 1. The number of carbonyl (C=O) groups excluding carboxylic acids is 1. The van der Waals surface area contributed by atoms with E-state index in [4.69, 9.17) is 4.74 Å². The summed E-state index contributed by atoms with van der Waals surface area (Å²) in [7, 11) is 0. The zero-order valence-electron chi connectivity index (χ0n) is 14.5. The van der Waals surface area contributed by atoms with Crippen LogP contribution in [0.1, 0.15) is 31.1 Å². The van der Waals surface area contributed by atoms with E-state index in [1.807, 2.05) is 18.2 Å². The van der Waals surface area contributed by atoms with Gasteiger partial charge in [-0.25, -0.2) is 9.67 Å². The number of nitrogens with one attached hydrogen (secondary N) is 1. The van der Waals surface area contributed by atoms with E-state index in [0.29, 0.717) is 5.56 Å². The lowest BCUT2D eigenvalue weighted by Crippen LogP contribution is -2.38. The highest BCUT2D eigenvalue weighted by atomic mass is 16.7. The Morgan fingerprint density at radius 3 is 2.80 bits per heavy atom. The molecule has 0 bridgehead atoms. The second kappa shape index (κ2) is 6.78. The number of hydrogen-bond donors (Lipinski definition) is 2. The molecular weight excluding hydrogens is 320 g/mol. The molecule has 0 radical (unpaired) electrons. The van der Waals surface area contributed by atoms with Gasteiger partial charge in [-0.2, -0.15) is 5.10 Å². The van der Waals surface area contributed by atoms with Gasteiger partial charge in [-0.05, 0) is 23.6 Å². The quantitative estimate of drug-likeness (QED) is 0.637. The Labute approximate surface area is 146 Å². The molecular formula is C18H22N4O3. The average Bonchev–Trinajstić information content (AvgIpc) is 3.06. The molecule has 0 saturated carbocycles. The van der Waals surface area contributed by atoms with E-state index in [1.165, 1.54) is 6.33 Å². The number of nitrogens with zero attached hydrogens (tertiary/aromatic N) is 3. The summed E-state index contributed by atoms with van der Waals surface area (Å²) in [4.78, 5) is 16.5. The first-order valence-corrected chi connectivity index (χ1v) is 8.12. The van der Waals surface area contributed by atoms with Gasteiger partial charge in [0, 0.05) is 5.56 Å². The number of ether oxygens (including phenoxy) is 1. The van der Waals surface area contributed by atoms with Gasteiger partial charge in [-0.1, -0.05) is 39.0 Å². The third-order valence-corrected chi connectivity index (χ3v) is 3.75. The second-order valence-electron chi connectivity index (χ2n) is 7.11. The molecule has 1 amide bonds. The highest BCUT2D eigenvalue weighted by Crippen LogP contribution is 2.25. The van der Waals surface area contributed by atoms with E-state index in [0.717, 1.165) is 5.69 Å². The fourth-order valence-electron chi connectivity index (χ4n) is 2.38. The van der Waals surface area contributed by atoms with Crippen LogP contribution in [0.5, 0.6) is 0 Å². The van der Waals surface area contributed by atoms with Crippen molar-refractivity contribution >= 4 is 5.91 Å². The van der Waals surface area contributed by atoms with E-state index in [2.05, 4.69) is 36.2 Å². The maximum Gasteiger partial charge on any atom is 0.251 e. The van der Waals surface area contributed by atoms with Crippen molar-refractivity contribution in [3.63, 3.8) is 0 Å². The van der Waals surface area contributed by atoms with Crippen LogP contribution in [0.2, 0.25) is 0 Å². The minimum atomic E-state index is -0.837. The molecule has 132 valence electrons. The standard InChI is InChI=1S/C18H22N4O3/c1-18(2,3)8-7-14(15-17(24)25-15)21-16(23)12-5-4-6-13(9-12)22-11-19-10-20-22/h4-11,14-15,17,24H,1-3H3,(H,21,23)/b8-7+. The first kappa shape index (κ1) is 17.3. The Balaban J connectivity index is 1.75. The summed E-state index contributed by atoms with van der Waals surface area (Å²) in [6.45, 7) is 6.19. The number of hydrogen-bond acceptors (Lipinski definition) is 5. The maximum absolute atomic E-state index is 12.6. The van der Waals surface area contributed by atoms with Crippen molar-refractivity contribution in [3.8, 4) is 5.69 Å². The van der Waals surface area contributed by atoms with Crippen molar-refractivity contribution in [3.05, 3.63) is 54.6 Å². The first-order chi connectivity index (χ1) is 11.8. The van der Waals surface area contributed by atoms with E-state index in [9.17, 15) is 9.90 Å². The number of benzene rings is 1. The molecule has 0 spiro atoms. The predicted octanol–water partition coefficient (Wildman–Crippen LogP) is 1.69. The van der Waals surface area contributed by atoms with Gasteiger partial charge in [0.05, 0.1) is 11.7 Å². The molecule has 1 fully saturated rings. The topological polar surface area (TPSA) is 92.6 Å². The summed E-state index contributed by atoms with van der Waals surface area (Å²) in [6.07, 6.45) is 5.63. The first-order valence-electron chi connectivity index (χ1n) is 8.12.